The highest BCUT2D eigenvalue weighted by Gasteiger charge is 2.16. The van der Waals surface area contributed by atoms with Crippen molar-refractivity contribution < 1.29 is 19.8 Å². The second kappa shape index (κ2) is 3.09. The Morgan fingerprint density at radius 1 is 1.46 bits per heavy atom. The molecule has 0 aliphatic heterocycles. The van der Waals surface area contributed by atoms with E-state index in [1.54, 1.807) is 0 Å². The molecule has 0 aliphatic carbocycles. The molecule has 0 aliphatic rings. The van der Waals surface area contributed by atoms with Crippen molar-refractivity contribution in [1.29, 1.82) is 0 Å². The molecule has 13 heavy (non-hydrogen) atoms. The van der Waals surface area contributed by atoms with Crippen LogP contribution >= 0.6 is 0 Å². The molecule has 1 aromatic rings. The lowest BCUT2D eigenvalue weighted by atomic mass is 10.6. The molecule has 8 heteroatoms. The van der Waals surface area contributed by atoms with E-state index in [4.69, 9.17) is 15.9 Å². The molecule has 0 aromatic carbocycles. The largest absolute Gasteiger partial charge is 0.480 e. The Kier molecular flexibility index (Phi) is 2.13. The number of nitrogens with two attached hydrogens (primary N) is 1. The molecule has 0 atom stereocenters. The SMILES string of the molecule is Nc1nc(C(=O)O)n(CC(=O)O)n1. The van der Waals surface area contributed by atoms with Crippen LogP contribution in [-0.4, -0.2) is 36.9 Å². The van der Waals surface area contributed by atoms with E-state index in [2.05, 4.69) is 10.1 Å². The Morgan fingerprint density at radius 3 is 2.54 bits per heavy atom. The summed E-state index contributed by atoms with van der Waals surface area (Å²) in [5.41, 5.74) is 5.09. The molecule has 0 spiro atoms. The highest BCUT2D eigenvalue weighted by atomic mass is 16.4. The number of carbonyl (C=O) groups is 2. The van der Waals surface area contributed by atoms with Gasteiger partial charge in [0.25, 0.3) is 0 Å². The minimum Gasteiger partial charge on any atom is -0.480 e. The van der Waals surface area contributed by atoms with Gasteiger partial charge in [-0.3, -0.25) is 4.79 Å². The predicted molar refractivity (Wildman–Crippen MR) is 39.0 cm³/mol. The lowest BCUT2D eigenvalue weighted by molar-refractivity contribution is -0.137. The van der Waals surface area contributed by atoms with Crippen molar-refractivity contribution in [3.8, 4) is 0 Å². The molecule has 4 N–H and O–H groups in total. The number of carboxylic acids is 2. The molecule has 0 radical (unpaired) electrons. The number of aliphatic carboxylic acids is 1. The summed E-state index contributed by atoms with van der Waals surface area (Å²) in [7, 11) is 0. The minimum absolute atomic E-state index is 0.265. The third-order valence-electron chi connectivity index (χ3n) is 1.16. The van der Waals surface area contributed by atoms with Gasteiger partial charge in [0.15, 0.2) is 0 Å². The van der Waals surface area contributed by atoms with Crippen LogP contribution in [0.4, 0.5) is 5.95 Å². The number of nitrogen functional groups attached to an aromatic ring is 1. The Hall–Kier alpha value is -2.12. The van der Waals surface area contributed by atoms with Crippen LogP contribution in [0.5, 0.6) is 0 Å². The summed E-state index contributed by atoms with van der Waals surface area (Å²) in [6, 6.07) is 0. The first kappa shape index (κ1) is 8.97. The molecule has 1 rings (SSSR count). The van der Waals surface area contributed by atoms with E-state index in [0.717, 1.165) is 0 Å². The zero-order chi connectivity index (χ0) is 10.0. The van der Waals surface area contributed by atoms with Crippen LogP contribution in [0.25, 0.3) is 0 Å². The number of anilines is 1. The lowest BCUT2D eigenvalue weighted by Crippen LogP contribution is -2.16. The van der Waals surface area contributed by atoms with Crippen LogP contribution in [0.2, 0.25) is 0 Å². The molecular formula is C5H6N4O4. The zero-order valence-corrected chi connectivity index (χ0v) is 6.34. The number of rotatable bonds is 3. The molecular weight excluding hydrogens is 180 g/mol. The summed E-state index contributed by atoms with van der Waals surface area (Å²) in [5, 5.41) is 20.3. The van der Waals surface area contributed by atoms with Crippen molar-refractivity contribution in [2.45, 2.75) is 6.54 Å². The molecule has 70 valence electrons. The van der Waals surface area contributed by atoms with Gasteiger partial charge in [-0.05, 0) is 0 Å². The standard InChI is InChI=1S/C5H6N4O4/c6-5-7-3(4(12)13)9(8-5)1-2(10)11/h1H2,(H2,6,8)(H,10,11)(H,12,13). The van der Waals surface area contributed by atoms with E-state index in [9.17, 15) is 9.59 Å². The van der Waals surface area contributed by atoms with Crippen molar-refractivity contribution >= 4 is 17.9 Å². The summed E-state index contributed by atoms with van der Waals surface area (Å²) < 4.78 is 0.708. The summed E-state index contributed by atoms with van der Waals surface area (Å²) in [5.74, 6) is -3.34. The minimum atomic E-state index is -1.37. The summed E-state index contributed by atoms with van der Waals surface area (Å²) in [6.07, 6.45) is 0. The maximum atomic E-state index is 10.4. The van der Waals surface area contributed by atoms with Crippen LogP contribution in [-0.2, 0) is 11.3 Å². The van der Waals surface area contributed by atoms with Gasteiger partial charge in [0.2, 0.25) is 11.8 Å². The monoisotopic (exact) mass is 186 g/mol. The Morgan fingerprint density at radius 2 is 2.08 bits per heavy atom. The van der Waals surface area contributed by atoms with E-state index >= 15 is 0 Å². The van der Waals surface area contributed by atoms with Gasteiger partial charge in [-0.2, -0.15) is 4.98 Å². The van der Waals surface area contributed by atoms with E-state index < -0.39 is 24.3 Å². The normalized spacial score (nSPS) is 9.85. The third-order valence-corrected chi connectivity index (χ3v) is 1.16. The quantitative estimate of drug-likeness (QED) is 0.531. The van der Waals surface area contributed by atoms with Crippen molar-refractivity contribution in [3.63, 3.8) is 0 Å². The van der Waals surface area contributed by atoms with Crippen LogP contribution in [0, 0.1) is 0 Å². The number of hydrogen-bond acceptors (Lipinski definition) is 5. The number of hydrogen-bond donors (Lipinski definition) is 3. The molecule has 0 fully saturated rings. The van der Waals surface area contributed by atoms with Gasteiger partial charge in [0.05, 0.1) is 0 Å². The molecule has 1 heterocycles. The second-order valence-corrected chi connectivity index (χ2v) is 2.15. The van der Waals surface area contributed by atoms with Gasteiger partial charge < -0.3 is 15.9 Å². The van der Waals surface area contributed by atoms with Gasteiger partial charge in [-0.1, -0.05) is 0 Å². The highest BCUT2D eigenvalue weighted by Crippen LogP contribution is 1.99. The molecule has 0 unspecified atom stereocenters. The van der Waals surface area contributed by atoms with Crippen molar-refractivity contribution in [2.75, 3.05) is 5.73 Å². The maximum Gasteiger partial charge on any atom is 0.373 e. The maximum absolute atomic E-state index is 10.4. The van der Waals surface area contributed by atoms with Gasteiger partial charge >= 0.3 is 11.9 Å². The first-order valence-corrected chi connectivity index (χ1v) is 3.16. The summed E-state index contributed by atoms with van der Waals surface area (Å²) in [4.78, 5) is 24.0. The summed E-state index contributed by atoms with van der Waals surface area (Å²) in [6.45, 7) is -0.578. The molecule has 0 bridgehead atoms. The Balaban J connectivity index is 3.04. The van der Waals surface area contributed by atoms with Gasteiger partial charge in [0, 0.05) is 0 Å². The van der Waals surface area contributed by atoms with Gasteiger partial charge in [-0.25, -0.2) is 9.48 Å². The first-order valence-electron chi connectivity index (χ1n) is 3.16. The fourth-order valence-corrected chi connectivity index (χ4v) is 0.756. The van der Waals surface area contributed by atoms with Gasteiger partial charge in [-0.15, -0.1) is 5.10 Å². The van der Waals surface area contributed by atoms with Gasteiger partial charge in [0.1, 0.15) is 6.54 Å². The third kappa shape index (κ3) is 1.92. The van der Waals surface area contributed by atoms with Crippen molar-refractivity contribution in [3.05, 3.63) is 5.82 Å². The zero-order valence-electron chi connectivity index (χ0n) is 6.34. The van der Waals surface area contributed by atoms with E-state index in [-0.39, 0.29) is 5.95 Å². The second-order valence-electron chi connectivity index (χ2n) is 2.15. The molecule has 8 nitrogen and oxygen atoms in total. The fraction of sp³-hybridized carbons (Fsp3) is 0.200. The van der Waals surface area contributed by atoms with E-state index in [1.165, 1.54) is 0 Å². The number of aromatic nitrogens is 3. The predicted octanol–water partition coefficient (Wildman–Crippen LogP) is -1.36. The van der Waals surface area contributed by atoms with Crippen LogP contribution in [0.1, 0.15) is 10.6 Å². The van der Waals surface area contributed by atoms with E-state index in [0.29, 0.717) is 4.68 Å². The Bertz CT molecular complexity index is 357. The average molecular weight is 186 g/mol. The molecule has 0 amide bonds. The topological polar surface area (TPSA) is 131 Å². The van der Waals surface area contributed by atoms with Crippen LogP contribution in [0.3, 0.4) is 0 Å². The van der Waals surface area contributed by atoms with Crippen molar-refractivity contribution in [1.82, 2.24) is 14.8 Å². The Labute approximate surface area is 71.6 Å². The smallest absolute Gasteiger partial charge is 0.373 e. The van der Waals surface area contributed by atoms with Crippen LogP contribution in [0.15, 0.2) is 0 Å². The first-order chi connectivity index (χ1) is 6.00. The molecule has 1 aromatic heterocycles. The fourth-order valence-electron chi connectivity index (χ4n) is 0.756. The van der Waals surface area contributed by atoms with Crippen LogP contribution < -0.4 is 5.73 Å². The average Bonchev–Trinajstić information content (AvgIpc) is 2.29. The number of aromatic carboxylic acids is 1. The summed E-state index contributed by atoms with van der Waals surface area (Å²) >= 11 is 0. The lowest BCUT2D eigenvalue weighted by Gasteiger charge is -1.96. The van der Waals surface area contributed by atoms with E-state index in [1.807, 2.05) is 0 Å². The number of carboxylic acid groups (broad SMARTS) is 2. The highest BCUT2D eigenvalue weighted by molar-refractivity contribution is 5.84. The number of nitrogens with zero attached hydrogens (tertiary/aromatic N) is 3. The van der Waals surface area contributed by atoms with Crippen molar-refractivity contribution in [2.24, 2.45) is 0 Å². The molecule has 0 saturated heterocycles. The molecule has 0 saturated carbocycles.